The number of H-pyrrole nitrogens is 1. The van der Waals surface area contributed by atoms with E-state index >= 15 is 0 Å². The molecule has 1 amide bonds. The number of benzene rings is 1. The maximum absolute atomic E-state index is 12.2. The highest BCUT2D eigenvalue weighted by Crippen LogP contribution is 2.15. The van der Waals surface area contributed by atoms with Gasteiger partial charge in [-0.2, -0.15) is 0 Å². The summed E-state index contributed by atoms with van der Waals surface area (Å²) >= 11 is 0. The van der Waals surface area contributed by atoms with Crippen molar-refractivity contribution in [1.82, 2.24) is 15.2 Å². The van der Waals surface area contributed by atoms with E-state index in [9.17, 15) is 4.79 Å². The second-order valence-electron chi connectivity index (χ2n) is 5.32. The molecule has 1 aromatic carbocycles. The van der Waals surface area contributed by atoms with Crippen LogP contribution in [0, 0.1) is 0 Å². The monoisotopic (exact) mass is 257 g/mol. The molecule has 1 aliphatic rings. The summed E-state index contributed by atoms with van der Waals surface area (Å²) in [4.78, 5) is 17.7. The molecule has 4 heteroatoms. The average Bonchev–Trinajstić information content (AvgIpc) is 2.85. The predicted molar refractivity (Wildman–Crippen MR) is 76.3 cm³/mol. The lowest BCUT2D eigenvalue weighted by atomic mass is 10.1. The number of rotatable bonds is 2. The molecule has 4 nitrogen and oxygen atoms in total. The van der Waals surface area contributed by atoms with Gasteiger partial charge in [0.15, 0.2) is 0 Å². The number of hydrogen-bond donors (Lipinski definition) is 2. The highest BCUT2D eigenvalue weighted by atomic mass is 16.1. The number of nitrogens with zero attached hydrogens (tertiary/aromatic N) is 1. The predicted octanol–water partition coefficient (Wildman–Crippen LogP) is 1.99. The van der Waals surface area contributed by atoms with Gasteiger partial charge < -0.3 is 15.2 Å². The number of aromatic nitrogens is 1. The molecule has 100 valence electrons. The van der Waals surface area contributed by atoms with E-state index in [-0.39, 0.29) is 5.91 Å². The summed E-state index contributed by atoms with van der Waals surface area (Å²) in [6.07, 6.45) is 2.06. The average molecular weight is 257 g/mol. The van der Waals surface area contributed by atoms with E-state index in [1.54, 1.807) is 0 Å². The largest absolute Gasteiger partial charge is 0.351 e. The van der Waals surface area contributed by atoms with E-state index < -0.39 is 0 Å². The van der Waals surface area contributed by atoms with Gasteiger partial charge in [0.2, 0.25) is 0 Å². The molecule has 19 heavy (non-hydrogen) atoms. The number of fused-ring (bicyclic) bond motifs is 1. The van der Waals surface area contributed by atoms with E-state index in [1.807, 2.05) is 30.3 Å². The lowest BCUT2D eigenvalue weighted by molar-refractivity contribution is 0.0912. The minimum absolute atomic E-state index is 0.00533. The molecule has 0 spiro atoms. The molecular formula is C15H19N3O. The van der Waals surface area contributed by atoms with Crippen molar-refractivity contribution in [3.05, 3.63) is 36.0 Å². The fourth-order valence-corrected chi connectivity index (χ4v) is 2.61. The molecule has 0 bridgehead atoms. The lowest BCUT2D eigenvalue weighted by Gasteiger charge is -2.29. The van der Waals surface area contributed by atoms with Crippen molar-refractivity contribution in [1.29, 1.82) is 0 Å². The maximum atomic E-state index is 12.2. The Hall–Kier alpha value is -1.81. The van der Waals surface area contributed by atoms with Gasteiger partial charge in [-0.25, -0.2) is 0 Å². The van der Waals surface area contributed by atoms with E-state index in [0.717, 1.165) is 36.8 Å². The molecule has 1 fully saturated rings. The van der Waals surface area contributed by atoms with Gasteiger partial charge in [0.05, 0.1) is 0 Å². The summed E-state index contributed by atoms with van der Waals surface area (Å²) < 4.78 is 0. The highest BCUT2D eigenvalue weighted by molar-refractivity contribution is 5.98. The van der Waals surface area contributed by atoms with Crippen LogP contribution < -0.4 is 5.32 Å². The zero-order valence-corrected chi connectivity index (χ0v) is 11.1. The second-order valence-corrected chi connectivity index (χ2v) is 5.32. The first-order valence-corrected chi connectivity index (χ1v) is 6.79. The number of carbonyl (C=O) groups excluding carboxylic acids is 1. The fourth-order valence-electron chi connectivity index (χ4n) is 2.61. The lowest BCUT2D eigenvalue weighted by Crippen LogP contribution is -2.43. The SMILES string of the molecule is CN1CCC(NC(=O)c2cc3ccccc3[nH]2)CC1. The number of aromatic amines is 1. The number of piperidine rings is 1. The van der Waals surface area contributed by atoms with Gasteiger partial charge in [-0.3, -0.25) is 4.79 Å². The Morgan fingerprint density at radius 1 is 1.32 bits per heavy atom. The molecule has 0 radical (unpaired) electrons. The Kier molecular flexibility index (Phi) is 3.25. The van der Waals surface area contributed by atoms with Crippen LogP contribution in [0.2, 0.25) is 0 Å². The third-order valence-corrected chi connectivity index (χ3v) is 3.83. The summed E-state index contributed by atoms with van der Waals surface area (Å²) in [7, 11) is 2.12. The van der Waals surface area contributed by atoms with Crippen molar-refractivity contribution in [2.45, 2.75) is 18.9 Å². The Balaban J connectivity index is 1.70. The first-order chi connectivity index (χ1) is 9.22. The Morgan fingerprint density at radius 3 is 2.79 bits per heavy atom. The van der Waals surface area contributed by atoms with Crippen molar-refractivity contribution in [3.8, 4) is 0 Å². The van der Waals surface area contributed by atoms with Gasteiger partial charge in [0.25, 0.3) is 5.91 Å². The summed E-state index contributed by atoms with van der Waals surface area (Å²) in [5.41, 5.74) is 1.66. The molecule has 1 saturated heterocycles. The molecule has 2 N–H and O–H groups in total. The topological polar surface area (TPSA) is 48.1 Å². The molecule has 0 saturated carbocycles. The summed E-state index contributed by atoms with van der Waals surface area (Å²) in [6, 6.07) is 10.2. The quantitative estimate of drug-likeness (QED) is 0.864. The first kappa shape index (κ1) is 12.2. The third-order valence-electron chi connectivity index (χ3n) is 3.83. The van der Waals surface area contributed by atoms with Crippen molar-refractivity contribution in [2.75, 3.05) is 20.1 Å². The Morgan fingerprint density at radius 2 is 2.05 bits per heavy atom. The number of amides is 1. The van der Waals surface area contributed by atoms with Crippen LogP contribution in [-0.4, -0.2) is 42.0 Å². The summed E-state index contributed by atoms with van der Waals surface area (Å²) in [5.74, 6) is 0.00533. The van der Waals surface area contributed by atoms with Gasteiger partial charge in [0.1, 0.15) is 5.69 Å². The molecular weight excluding hydrogens is 238 g/mol. The summed E-state index contributed by atoms with van der Waals surface area (Å²) in [6.45, 7) is 2.11. The fraction of sp³-hybridized carbons (Fsp3) is 0.400. The van der Waals surface area contributed by atoms with E-state index in [1.165, 1.54) is 0 Å². The normalized spacial score (nSPS) is 17.7. The zero-order chi connectivity index (χ0) is 13.2. The van der Waals surface area contributed by atoms with Gasteiger partial charge in [0, 0.05) is 16.9 Å². The standard InChI is InChI=1S/C15H19N3O/c1-18-8-6-12(7-9-18)16-15(19)14-10-11-4-2-3-5-13(11)17-14/h2-5,10,12,17H,6-9H2,1H3,(H,16,19). The molecule has 1 aliphatic heterocycles. The van der Waals surface area contributed by atoms with Crippen LogP contribution >= 0.6 is 0 Å². The number of hydrogen-bond acceptors (Lipinski definition) is 2. The van der Waals surface area contributed by atoms with Gasteiger partial charge in [-0.05, 0) is 45.1 Å². The number of nitrogens with one attached hydrogen (secondary N) is 2. The smallest absolute Gasteiger partial charge is 0.267 e. The maximum Gasteiger partial charge on any atom is 0.267 e. The van der Waals surface area contributed by atoms with Gasteiger partial charge >= 0.3 is 0 Å². The third kappa shape index (κ3) is 2.63. The van der Waals surface area contributed by atoms with Crippen LogP contribution in [0.5, 0.6) is 0 Å². The molecule has 1 aromatic heterocycles. The summed E-state index contributed by atoms with van der Waals surface area (Å²) in [5, 5.41) is 4.20. The Labute approximate surface area is 112 Å². The van der Waals surface area contributed by atoms with Crippen LogP contribution in [0.25, 0.3) is 10.9 Å². The van der Waals surface area contributed by atoms with Crippen LogP contribution in [0.15, 0.2) is 30.3 Å². The number of likely N-dealkylation sites (tertiary alicyclic amines) is 1. The van der Waals surface area contributed by atoms with E-state index in [4.69, 9.17) is 0 Å². The van der Waals surface area contributed by atoms with Crippen molar-refractivity contribution < 1.29 is 4.79 Å². The molecule has 0 atom stereocenters. The van der Waals surface area contributed by atoms with Gasteiger partial charge in [-0.1, -0.05) is 18.2 Å². The number of carbonyl (C=O) groups is 1. The zero-order valence-electron chi connectivity index (χ0n) is 11.1. The van der Waals surface area contributed by atoms with Crippen molar-refractivity contribution in [2.24, 2.45) is 0 Å². The van der Waals surface area contributed by atoms with Crippen molar-refractivity contribution >= 4 is 16.8 Å². The van der Waals surface area contributed by atoms with Crippen LogP contribution in [-0.2, 0) is 0 Å². The molecule has 3 rings (SSSR count). The minimum atomic E-state index is 0.00533. The minimum Gasteiger partial charge on any atom is -0.351 e. The Bertz CT molecular complexity index is 549. The number of para-hydroxylation sites is 1. The van der Waals surface area contributed by atoms with E-state index in [2.05, 4.69) is 22.2 Å². The van der Waals surface area contributed by atoms with Crippen LogP contribution in [0.1, 0.15) is 23.3 Å². The molecule has 0 aliphatic carbocycles. The molecule has 2 aromatic rings. The molecule has 0 unspecified atom stereocenters. The van der Waals surface area contributed by atoms with Crippen molar-refractivity contribution in [3.63, 3.8) is 0 Å². The van der Waals surface area contributed by atoms with Crippen LogP contribution in [0.4, 0.5) is 0 Å². The first-order valence-electron chi connectivity index (χ1n) is 6.79. The second kappa shape index (κ2) is 5.05. The van der Waals surface area contributed by atoms with Gasteiger partial charge in [-0.15, -0.1) is 0 Å². The molecule has 2 heterocycles. The van der Waals surface area contributed by atoms with E-state index in [0.29, 0.717) is 11.7 Å². The highest BCUT2D eigenvalue weighted by Gasteiger charge is 2.19. The van der Waals surface area contributed by atoms with Crippen LogP contribution in [0.3, 0.4) is 0 Å².